The maximum atomic E-state index is 11.6. The van der Waals surface area contributed by atoms with Crippen LogP contribution in [0.15, 0.2) is 58.1 Å². The average molecular weight is 458 g/mol. The molecule has 2 rings (SSSR count). The Hall–Kier alpha value is -1.41. The van der Waals surface area contributed by atoms with Crippen molar-refractivity contribution in [2.45, 2.75) is 0 Å². The van der Waals surface area contributed by atoms with Crippen molar-refractivity contribution in [3.05, 3.63) is 62.1 Å². The van der Waals surface area contributed by atoms with Gasteiger partial charge in [0.05, 0.1) is 12.8 Å². The summed E-state index contributed by atoms with van der Waals surface area (Å²) in [5.41, 5.74) is 4.30. The fraction of sp³-hybridized carbons (Fsp3) is 0.0667. The predicted octanol–water partition coefficient (Wildman–Crippen LogP) is 3.62. The van der Waals surface area contributed by atoms with Gasteiger partial charge in [-0.05, 0) is 64.6 Å². The minimum absolute atomic E-state index is 0.177. The molecule has 2 N–H and O–H groups in total. The molecule has 0 saturated carbocycles. The SMILES string of the molecule is O=C(CNc1ccc(I)cc1)N/N=C\c1cccc(Br)c1. The molecule has 0 aliphatic carbocycles. The molecule has 0 radical (unpaired) electrons. The van der Waals surface area contributed by atoms with Crippen LogP contribution in [0.3, 0.4) is 0 Å². The van der Waals surface area contributed by atoms with Crippen LogP contribution in [0.2, 0.25) is 0 Å². The summed E-state index contributed by atoms with van der Waals surface area (Å²) in [6, 6.07) is 15.5. The first-order valence-electron chi connectivity index (χ1n) is 6.20. The Labute approximate surface area is 145 Å². The molecule has 21 heavy (non-hydrogen) atoms. The summed E-state index contributed by atoms with van der Waals surface area (Å²) in [5, 5.41) is 6.96. The van der Waals surface area contributed by atoms with Crippen molar-refractivity contribution < 1.29 is 4.79 Å². The van der Waals surface area contributed by atoms with E-state index in [0.29, 0.717) is 0 Å². The van der Waals surface area contributed by atoms with E-state index in [1.54, 1.807) is 6.21 Å². The molecule has 0 fully saturated rings. The van der Waals surface area contributed by atoms with E-state index in [2.05, 4.69) is 54.4 Å². The van der Waals surface area contributed by atoms with Crippen LogP contribution in [0.1, 0.15) is 5.56 Å². The molecule has 0 aliphatic rings. The lowest BCUT2D eigenvalue weighted by Crippen LogP contribution is -2.25. The van der Waals surface area contributed by atoms with Gasteiger partial charge in [-0.1, -0.05) is 28.1 Å². The van der Waals surface area contributed by atoms with Gasteiger partial charge in [-0.3, -0.25) is 4.79 Å². The normalized spacial score (nSPS) is 10.6. The van der Waals surface area contributed by atoms with Gasteiger partial charge in [-0.25, -0.2) is 5.43 Å². The maximum Gasteiger partial charge on any atom is 0.259 e. The molecule has 0 heterocycles. The second-order valence-corrected chi connectivity index (χ2v) is 6.37. The molecule has 1 amide bonds. The first-order chi connectivity index (χ1) is 10.1. The highest BCUT2D eigenvalue weighted by atomic mass is 127. The molecule has 0 atom stereocenters. The van der Waals surface area contributed by atoms with E-state index in [-0.39, 0.29) is 12.5 Å². The summed E-state index contributed by atoms with van der Waals surface area (Å²) in [6.45, 7) is 0.177. The first kappa shape index (κ1) is 16.0. The molecular weight excluding hydrogens is 445 g/mol. The van der Waals surface area contributed by atoms with Crippen LogP contribution in [0.25, 0.3) is 0 Å². The topological polar surface area (TPSA) is 53.5 Å². The number of rotatable bonds is 5. The Morgan fingerprint density at radius 3 is 2.71 bits per heavy atom. The highest BCUT2D eigenvalue weighted by Crippen LogP contribution is 2.11. The third-order valence-electron chi connectivity index (χ3n) is 2.55. The van der Waals surface area contributed by atoms with E-state index >= 15 is 0 Å². The Bertz CT molecular complexity index is 644. The van der Waals surface area contributed by atoms with E-state index in [1.165, 1.54) is 0 Å². The first-order valence-corrected chi connectivity index (χ1v) is 8.07. The number of hydrogen-bond acceptors (Lipinski definition) is 3. The third-order valence-corrected chi connectivity index (χ3v) is 3.76. The summed E-state index contributed by atoms with van der Waals surface area (Å²) in [7, 11) is 0. The third kappa shape index (κ3) is 5.84. The van der Waals surface area contributed by atoms with Gasteiger partial charge >= 0.3 is 0 Å². The quantitative estimate of drug-likeness (QED) is 0.409. The lowest BCUT2D eigenvalue weighted by Gasteiger charge is -2.05. The molecule has 6 heteroatoms. The van der Waals surface area contributed by atoms with E-state index in [1.807, 2.05) is 48.5 Å². The van der Waals surface area contributed by atoms with Crippen LogP contribution >= 0.6 is 38.5 Å². The molecule has 108 valence electrons. The van der Waals surface area contributed by atoms with Crippen LogP contribution in [-0.2, 0) is 4.79 Å². The van der Waals surface area contributed by atoms with E-state index in [9.17, 15) is 4.79 Å². The second kappa shape index (κ2) is 8.14. The molecule has 0 unspecified atom stereocenters. The second-order valence-electron chi connectivity index (χ2n) is 4.21. The Balaban J connectivity index is 1.78. The van der Waals surface area contributed by atoms with Crippen LogP contribution < -0.4 is 10.7 Å². The number of benzene rings is 2. The minimum Gasteiger partial charge on any atom is -0.376 e. The molecule has 0 spiro atoms. The van der Waals surface area contributed by atoms with E-state index in [0.717, 1.165) is 19.3 Å². The molecule has 0 aromatic heterocycles. The minimum atomic E-state index is -0.195. The number of carbonyl (C=O) groups excluding carboxylic acids is 1. The van der Waals surface area contributed by atoms with Crippen molar-refractivity contribution in [1.29, 1.82) is 0 Å². The summed E-state index contributed by atoms with van der Waals surface area (Å²) in [6.07, 6.45) is 1.60. The standard InChI is InChI=1S/C15H13BrIN3O/c16-12-3-1-2-11(8-12)9-19-20-15(21)10-18-14-6-4-13(17)5-7-14/h1-9,18H,10H2,(H,20,21)/b19-9-. The van der Waals surface area contributed by atoms with E-state index in [4.69, 9.17) is 0 Å². The van der Waals surface area contributed by atoms with Gasteiger partial charge < -0.3 is 5.32 Å². The van der Waals surface area contributed by atoms with Crippen molar-refractivity contribution in [2.75, 3.05) is 11.9 Å². The van der Waals surface area contributed by atoms with Crippen molar-refractivity contribution in [2.24, 2.45) is 5.10 Å². The van der Waals surface area contributed by atoms with Crippen LogP contribution in [0.4, 0.5) is 5.69 Å². The number of hydrazone groups is 1. The number of nitrogens with zero attached hydrogens (tertiary/aromatic N) is 1. The number of anilines is 1. The van der Waals surface area contributed by atoms with Gasteiger partial charge in [0.2, 0.25) is 0 Å². The number of nitrogens with one attached hydrogen (secondary N) is 2. The van der Waals surface area contributed by atoms with Gasteiger partial charge in [-0.2, -0.15) is 5.10 Å². The van der Waals surface area contributed by atoms with Gasteiger partial charge in [0.15, 0.2) is 0 Å². The van der Waals surface area contributed by atoms with E-state index < -0.39 is 0 Å². The Morgan fingerprint density at radius 2 is 2.00 bits per heavy atom. The van der Waals surface area contributed by atoms with Crippen LogP contribution in [0.5, 0.6) is 0 Å². The Morgan fingerprint density at radius 1 is 1.24 bits per heavy atom. The summed E-state index contributed by atoms with van der Waals surface area (Å²) in [5.74, 6) is -0.195. The zero-order chi connectivity index (χ0) is 15.1. The smallest absolute Gasteiger partial charge is 0.259 e. The monoisotopic (exact) mass is 457 g/mol. The van der Waals surface area contributed by atoms with Crippen molar-refractivity contribution >= 4 is 56.3 Å². The lowest BCUT2D eigenvalue weighted by molar-refractivity contribution is -0.119. The number of carbonyl (C=O) groups is 1. The van der Waals surface area contributed by atoms with Gasteiger partial charge in [0.25, 0.3) is 5.91 Å². The van der Waals surface area contributed by atoms with Gasteiger partial charge in [0.1, 0.15) is 0 Å². The highest BCUT2D eigenvalue weighted by Gasteiger charge is 1.99. The fourth-order valence-electron chi connectivity index (χ4n) is 1.56. The molecule has 0 bridgehead atoms. The molecular formula is C15H13BrIN3O. The number of halogens is 2. The number of amides is 1. The van der Waals surface area contributed by atoms with Gasteiger partial charge in [0, 0.05) is 13.7 Å². The average Bonchev–Trinajstić information content (AvgIpc) is 2.47. The molecule has 0 saturated heterocycles. The fourth-order valence-corrected chi connectivity index (χ4v) is 2.33. The predicted molar refractivity (Wildman–Crippen MR) is 97.5 cm³/mol. The van der Waals surface area contributed by atoms with Crippen LogP contribution in [-0.4, -0.2) is 18.7 Å². The summed E-state index contributed by atoms with van der Waals surface area (Å²) >= 11 is 5.61. The molecule has 4 nitrogen and oxygen atoms in total. The van der Waals surface area contributed by atoms with Crippen molar-refractivity contribution in [3.63, 3.8) is 0 Å². The van der Waals surface area contributed by atoms with Crippen molar-refractivity contribution in [1.82, 2.24) is 5.43 Å². The maximum absolute atomic E-state index is 11.6. The van der Waals surface area contributed by atoms with Crippen molar-refractivity contribution in [3.8, 4) is 0 Å². The summed E-state index contributed by atoms with van der Waals surface area (Å²) in [4.78, 5) is 11.6. The van der Waals surface area contributed by atoms with Gasteiger partial charge in [-0.15, -0.1) is 0 Å². The zero-order valence-electron chi connectivity index (χ0n) is 11.0. The number of hydrogen-bond donors (Lipinski definition) is 2. The molecule has 2 aromatic rings. The largest absolute Gasteiger partial charge is 0.376 e. The zero-order valence-corrected chi connectivity index (χ0v) is 14.8. The van der Waals surface area contributed by atoms with Crippen LogP contribution in [0, 0.1) is 3.57 Å². The molecule has 2 aromatic carbocycles. The summed E-state index contributed by atoms with van der Waals surface area (Å²) < 4.78 is 2.12. The Kier molecular flexibility index (Phi) is 6.19. The molecule has 0 aliphatic heterocycles. The lowest BCUT2D eigenvalue weighted by atomic mass is 10.2. The highest BCUT2D eigenvalue weighted by molar-refractivity contribution is 14.1.